The predicted octanol–water partition coefficient (Wildman–Crippen LogP) is 3.69. The number of aromatic amines is 2. The fraction of sp³-hybridized carbons (Fsp3) is 0.263. The van der Waals surface area contributed by atoms with Crippen molar-refractivity contribution in [3.05, 3.63) is 54.6 Å². The summed E-state index contributed by atoms with van der Waals surface area (Å²) in [6, 6.07) is 6.46. The lowest BCUT2D eigenvalue weighted by atomic mass is 9.96. The van der Waals surface area contributed by atoms with Crippen LogP contribution in [0.3, 0.4) is 0 Å². The van der Waals surface area contributed by atoms with Gasteiger partial charge in [0, 0.05) is 19.0 Å². The molecule has 1 aliphatic heterocycles. The molecule has 0 bridgehead atoms. The van der Waals surface area contributed by atoms with E-state index in [0.29, 0.717) is 5.92 Å². The van der Waals surface area contributed by atoms with Gasteiger partial charge in [0.25, 0.3) is 0 Å². The van der Waals surface area contributed by atoms with Gasteiger partial charge in [0.1, 0.15) is 23.8 Å². The molecule has 4 aromatic rings. The summed E-state index contributed by atoms with van der Waals surface area (Å²) in [5, 5.41) is 7.90. The highest BCUT2D eigenvalue weighted by Gasteiger charge is 2.25. The van der Waals surface area contributed by atoms with Gasteiger partial charge < -0.3 is 9.88 Å². The highest BCUT2D eigenvalue weighted by atomic mass is 35.5. The Labute approximate surface area is 166 Å². The molecule has 1 aliphatic rings. The Balaban J connectivity index is 0.00000192. The van der Waals surface area contributed by atoms with Gasteiger partial charge in [-0.1, -0.05) is 0 Å². The quantitative estimate of drug-likeness (QED) is 0.548. The number of rotatable bonds is 3. The number of nitrogens with zero attached hydrogens (tertiary/aromatic N) is 5. The average Bonchev–Trinajstić information content (AvgIpc) is 3.38. The predicted molar refractivity (Wildman–Crippen MR) is 107 cm³/mol. The molecule has 2 N–H and O–H groups in total. The number of hydrogen-bond donors (Lipinski definition) is 2. The van der Waals surface area contributed by atoms with Crippen LogP contribution in [0.5, 0.6) is 0 Å². The van der Waals surface area contributed by atoms with Crippen molar-refractivity contribution in [1.29, 1.82) is 0 Å². The second kappa shape index (κ2) is 7.55. The Bertz CT molecular complexity index is 1070. The minimum absolute atomic E-state index is 0. The summed E-state index contributed by atoms with van der Waals surface area (Å²) in [7, 11) is 0. The molecule has 0 unspecified atom stereocenters. The molecule has 144 valence electrons. The van der Waals surface area contributed by atoms with Crippen molar-refractivity contribution >= 4 is 29.3 Å². The number of piperidine rings is 1. The monoisotopic (exact) mass is 399 g/mol. The van der Waals surface area contributed by atoms with E-state index in [1.807, 2.05) is 6.20 Å². The molecule has 0 atom stereocenters. The third kappa shape index (κ3) is 3.31. The minimum Gasteiger partial charge on any atom is -0.356 e. The molecule has 7 nitrogen and oxygen atoms in total. The van der Waals surface area contributed by atoms with Crippen LogP contribution < -0.4 is 4.90 Å². The number of nitrogens with one attached hydrogen (secondary N) is 2. The third-order valence-corrected chi connectivity index (χ3v) is 5.16. The van der Waals surface area contributed by atoms with Crippen LogP contribution in [0.1, 0.15) is 24.6 Å². The van der Waals surface area contributed by atoms with Crippen LogP contribution in [-0.4, -0.2) is 43.2 Å². The number of hydrogen-bond acceptors (Lipinski definition) is 5. The zero-order valence-electron chi connectivity index (χ0n) is 15.0. The van der Waals surface area contributed by atoms with E-state index in [-0.39, 0.29) is 18.2 Å². The van der Waals surface area contributed by atoms with E-state index in [9.17, 15) is 4.39 Å². The molecular weight excluding hydrogens is 381 g/mol. The third-order valence-electron chi connectivity index (χ3n) is 5.16. The molecule has 4 heterocycles. The number of H-pyrrole nitrogens is 2. The Morgan fingerprint density at radius 1 is 1.00 bits per heavy atom. The Kier molecular flexibility index (Phi) is 4.95. The van der Waals surface area contributed by atoms with Crippen molar-refractivity contribution in [2.45, 2.75) is 18.8 Å². The van der Waals surface area contributed by atoms with Gasteiger partial charge in [-0.2, -0.15) is 5.10 Å². The molecule has 1 saturated heterocycles. The second-order valence-corrected chi connectivity index (χ2v) is 6.78. The molecule has 0 spiro atoms. The summed E-state index contributed by atoms with van der Waals surface area (Å²) in [6.45, 7) is 1.79. The van der Waals surface area contributed by atoms with Crippen LogP contribution in [0.2, 0.25) is 0 Å². The number of fused-ring (bicyclic) bond motifs is 1. The SMILES string of the molecule is Cl.Fc1ccc(-c2cnc(C3CCN(c4ncnc5[nH]ncc45)CC3)[nH]2)cc1. The van der Waals surface area contributed by atoms with E-state index in [2.05, 4.69) is 35.0 Å². The van der Waals surface area contributed by atoms with Crippen LogP contribution in [-0.2, 0) is 0 Å². The molecule has 0 saturated carbocycles. The summed E-state index contributed by atoms with van der Waals surface area (Å²) in [6.07, 6.45) is 7.15. The van der Waals surface area contributed by atoms with E-state index in [0.717, 1.165) is 59.9 Å². The Morgan fingerprint density at radius 3 is 2.57 bits per heavy atom. The number of benzene rings is 1. The second-order valence-electron chi connectivity index (χ2n) is 6.78. The first-order valence-electron chi connectivity index (χ1n) is 8.98. The lowest BCUT2D eigenvalue weighted by Crippen LogP contribution is -2.33. The molecular formula is C19H19ClFN7. The molecule has 0 amide bonds. The first kappa shape index (κ1) is 18.4. The van der Waals surface area contributed by atoms with Crippen LogP contribution in [0.4, 0.5) is 10.2 Å². The molecule has 1 fully saturated rings. The van der Waals surface area contributed by atoms with Gasteiger partial charge in [0.2, 0.25) is 0 Å². The fourth-order valence-electron chi connectivity index (χ4n) is 3.69. The minimum atomic E-state index is -0.234. The summed E-state index contributed by atoms with van der Waals surface area (Å²) in [5.74, 6) is 2.06. The zero-order valence-corrected chi connectivity index (χ0v) is 15.8. The van der Waals surface area contributed by atoms with E-state index in [1.54, 1.807) is 24.7 Å². The van der Waals surface area contributed by atoms with E-state index < -0.39 is 0 Å². The summed E-state index contributed by atoms with van der Waals surface area (Å²) >= 11 is 0. The summed E-state index contributed by atoms with van der Waals surface area (Å²) < 4.78 is 13.1. The molecule has 28 heavy (non-hydrogen) atoms. The number of aromatic nitrogens is 6. The molecule has 0 aliphatic carbocycles. The number of halogens is 2. The van der Waals surface area contributed by atoms with Gasteiger partial charge in [-0.3, -0.25) is 5.10 Å². The van der Waals surface area contributed by atoms with Gasteiger partial charge in [-0.05, 0) is 42.7 Å². The van der Waals surface area contributed by atoms with Crippen molar-refractivity contribution < 1.29 is 4.39 Å². The van der Waals surface area contributed by atoms with Crippen LogP contribution in [0, 0.1) is 5.82 Å². The molecule has 9 heteroatoms. The van der Waals surface area contributed by atoms with Gasteiger partial charge in [-0.15, -0.1) is 12.4 Å². The van der Waals surface area contributed by atoms with Crippen LogP contribution >= 0.6 is 12.4 Å². The summed E-state index contributed by atoms with van der Waals surface area (Å²) in [5.41, 5.74) is 2.62. The van der Waals surface area contributed by atoms with Crippen LogP contribution in [0.15, 0.2) is 43.0 Å². The maximum atomic E-state index is 13.1. The van der Waals surface area contributed by atoms with Gasteiger partial charge >= 0.3 is 0 Å². The first-order valence-corrected chi connectivity index (χ1v) is 8.98. The molecule has 0 radical (unpaired) electrons. The van der Waals surface area contributed by atoms with Crippen molar-refractivity contribution in [2.24, 2.45) is 0 Å². The zero-order chi connectivity index (χ0) is 18.2. The van der Waals surface area contributed by atoms with Gasteiger partial charge in [-0.25, -0.2) is 19.3 Å². The smallest absolute Gasteiger partial charge is 0.160 e. The lowest BCUT2D eigenvalue weighted by molar-refractivity contribution is 0.487. The maximum absolute atomic E-state index is 13.1. The highest BCUT2D eigenvalue weighted by molar-refractivity contribution is 5.86. The maximum Gasteiger partial charge on any atom is 0.160 e. The molecule has 5 rings (SSSR count). The van der Waals surface area contributed by atoms with Gasteiger partial charge in [0.15, 0.2) is 5.65 Å². The standard InChI is InChI=1S/C19H18FN7.ClH/c20-14-3-1-12(2-4-14)16-10-21-17(25-16)13-5-7-27(8-6-13)19-15-9-24-26-18(15)22-11-23-19;/h1-4,9-11,13H,5-8H2,(H,21,25)(H,22,23,24,26);1H. The largest absolute Gasteiger partial charge is 0.356 e. The number of imidazole rings is 1. The van der Waals surface area contributed by atoms with Crippen molar-refractivity contribution in [3.8, 4) is 11.3 Å². The normalized spacial score (nSPS) is 15.0. The fourth-order valence-corrected chi connectivity index (χ4v) is 3.69. The summed E-state index contributed by atoms with van der Waals surface area (Å²) in [4.78, 5) is 18.9. The Morgan fingerprint density at radius 2 is 1.79 bits per heavy atom. The van der Waals surface area contributed by atoms with E-state index >= 15 is 0 Å². The average molecular weight is 400 g/mol. The van der Waals surface area contributed by atoms with Crippen molar-refractivity contribution in [3.63, 3.8) is 0 Å². The lowest BCUT2D eigenvalue weighted by Gasteiger charge is -2.32. The van der Waals surface area contributed by atoms with Crippen LogP contribution in [0.25, 0.3) is 22.3 Å². The Hall–Kier alpha value is -3.00. The molecule has 1 aromatic carbocycles. The highest BCUT2D eigenvalue weighted by Crippen LogP contribution is 2.31. The van der Waals surface area contributed by atoms with Crippen molar-refractivity contribution in [2.75, 3.05) is 18.0 Å². The first-order chi connectivity index (χ1) is 13.3. The molecule has 3 aromatic heterocycles. The van der Waals surface area contributed by atoms with Crippen molar-refractivity contribution in [1.82, 2.24) is 30.1 Å². The van der Waals surface area contributed by atoms with Gasteiger partial charge in [0.05, 0.1) is 23.5 Å². The topological polar surface area (TPSA) is 86.4 Å². The van der Waals surface area contributed by atoms with E-state index in [1.165, 1.54) is 12.1 Å². The van der Waals surface area contributed by atoms with E-state index in [4.69, 9.17) is 0 Å². The number of anilines is 1.